The summed E-state index contributed by atoms with van der Waals surface area (Å²) in [5.41, 5.74) is 2.00. The minimum absolute atomic E-state index is 0.608. The first kappa shape index (κ1) is 15.3. The minimum atomic E-state index is 0.608. The number of nitrogens with zero attached hydrogens (tertiary/aromatic N) is 2. The summed E-state index contributed by atoms with van der Waals surface area (Å²) in [6, 6.07) is 7.91. The van der Waals surface area contributed by atoms with E-state index in [-0.39, 0.29) is 0 Å². The van der Waals surface area contributed by atoms with Crippen LogP contribution in [0.25, 0.3) is 0 Å². The fourth-order valence-electron chi connectivity index (χ4n) is 1.43. The lowest BCUT2D eigenvalue weighted by atomic mass is 10.3. The molecule has 1 heterocycles. The Morgan fingerprint density at radius 3 is 2.90 bits per heavy atom. The summed E-state index contributed by atoms with van der Waals surface area (Å²) >= 11 is 0. The van der Waals surface area contributed by atoms with Crippen LogP contribution in [0, 0.1) is 0 Å². The Balaban J connectivity index is 1.62. The van der Waals surface area contributed by atoms with Crippen LogP contribution in [-0.4, -0.2) is 23.0 Å². The Bertz CT molecular complexity index is 513. The average Bonchev–Trinajstić information content (AvgIpc) is 2.52. The molecular weight excluding hydrogens is 310 g/mol. The zero-order chi connectivity index (χ0) is 14.0. The largest absolute Gasteiger partial charge is 0.480 e. The Labute approximate surface area is 130 Å². The second-order valence-corrected chi connectivity index (χ2v) is 7.83. The molecule has 2 rings (SSSR count). The third-order valence-corrected chi connectivity index (χ3v) is 6.11. The molecule has 0 unspecified atom stereocenters. The highest BCUT2D eigenvalue weighted by atomic mass is 33.5. The van der Waals surface area contributed by atoms with Gasteiger partial charge in [-0.1, -0.05) is 22.9 Å². The van der Waals surface area contributed by atoms with Gasteiger partial charge in [0, 0.05) is 31.4 Å². The lowest BCUT2D eigenvalue weighted by Crippen LogP contribution is -1.96. The molecule has 4 nitrogen and oxygen atoms in total. The highest BCUT2D eigenvalue weighted by molar-refractivity contribution is 9.09. The molecule has 0 spiro atoms. The summed E-state index contributed by atoms with van der Waals surface area (Å²) in [5.74, 6) is 2.33. The van der Waals surface area contributed by atoms with E-state index >= 15 is 0 Å². The summed E-state index contributed by atoms with van der Waals surface area (Å²) in [5, 5.41) is 3.11. The van der Waals surface area contributed by atoms with Gasteiger partial charge in [-0.3, -0.25) is 9.97 Å². The Hall–Kier alpha value is -1.05. The van der Waals surface area contributed by atoms with Crippen LogP contribution >= 0.6 is 31.4 Å². The fourth-order valence-corrected chi connectivity index (χ4v) is 4.40. The molecule has 7 heteroatoms. The predicted octanol–water partition coefficient (Wildman–Crippen LogP) is 4.08. The summed E-state index contributed by atoms with van der Waals surface area (Å²) in [7, 11) is 6.99. The molecule has 106 valence electrons. The molecule has 1 N–H and O–H groups in total. The normalized spacial score (nSPS) is 10.2. The second kappa shape index (κ2) is 8.99. The number of benzene rings is 1. The van der Waals surface area contributed by atoms with Crippen molar-refractivity contribution in [3.8, 4) is 5.75 Å². The smallest absolute Gasteiger partial charge is 0.144 e. The van der Waals surface area contributed by atoms with Crippen molar-refractivity contribution < 1.29 is 4.74 Å². The third-order valence-electron chi connectivity index (χ3n) is 2.34. The molecule has 20 heavy (non-hydrogen) atoms. The molecule has 0 bridgehead atoms. The quantitative estimate of drug-likeness (QED) is 0.445. The van der Waals surface area contributed by atoms with Gasteiger partial charge in [-0.05, 0) is 32.8 Å². The highest BCUT2D eigenvalue weighted by Crippen LogP contribution is 2.37. The molecule has 0 atom stereocenters. The topological polar surface area (TPSA) is 47.0 Å². The van der Waals surface area contributed by atoms with Gasteiger partial charge in [-0.25, -0.2) is 0 Å². The van der Waals surface area contributed by atoms with Gasteiger partial charge in [0.05, 0.1) is 11.4 Å². The van der Waals surface area contributed by atoms with E-state index in [4.69, 9.17) is 4.74 Å². The first-order valence-electron chi connectivity index (χ1n) is 5.95. The summed E-state index contributed by atoms with van der Waals surface area (Å²) in [6.45, 7) is 0. The predicted molar refractivity (Wildman–Crippen MR) is 90.0 cm³/mol. The van der Waals surface area contributed by atoms with Crippen LogP contribution in [0.2, 0.25) is 0 Å². The fraction of sp³-hybridized carbons (Fsp3) is 0.231. The van der Waals surface area contributed by atoms with Crippen LogP contribution in [-0.2, 0) is 5.75 Å². The summed E-state index contributed by atoms with van der Waals surface area (Å²) < 4.78 is 5.72. The van der Waals surface area contributed by atoms with E-state index in [1.54, 1.807) is 50.0 Å². The summed E-state index contributed by atoms with van der Waals surface area (Å²) in [6.07, 6.45) is 5.19. The number of ether oxygens (including phenoxy) is 1. The van der Waals surface area contributed by atoms with Crippen LogP contribution < -0.4 is 10.1 Å². The van der Waals surface area contributed by atoms with E-state index in [2.05, 4.69) is 15.3 Å². The third kappa shape index (κ3) is 5.15. The standard InChI is InChI=1S/C13H15N3OS3/c1-14-12-4-2-3-5-13(12)17-10-19-20-18-9-11-8-15-6-7-16-11/h2-8,14H,9-10H2,1H3. The molecule has 0 saturated heterocycles. The van der Waals surface area contributed by atoms with Crippen LogP contribution in [0.15, 0.2) is 42.9 Å². The zero-order valence-electron chi connectivity index (χ0n) is 11.0. The van der Waals surface area contributed by atoms with Gasteiger partial charge in [-0.2, -0.15) is 0 Å². The molecule has 0 saturated carbocycles. The van der Waals surface area contributed by atoms with Gasteiger partial charge in [-0.15, -0.1) is 0 Å². The van der Waals surface area contributed by atoms with Gasteiger partial charge >= 0.3 is 0 Å². The molecule has 0 fully saturated rings. The highest BCUT2D eigenvalue weighted by Gasteiger charge is 2.01. The molecule has 0 aliphatic carbocycles. The number of anilines is 1. The van der Waals surface area contributed by atoms with Gasteiger partial charge in [0.1, 0.15) is 11.7 Å². The molecule has 1 aromatic carbocycles. The van der Waals surface area contributed by atoms with Crippen LogP contribution in [0.4, 0.5) is 5.69 Å². The Morgan fingerprint density at radius 1 is 1.20 bits per heavy atom. The number of para-hydroxylation sites is 2. The number of rotatable bonds is 8. The van der Waals surface area contributed by atoms with Crippen molar-refractivity contribution in [3.05, 3.63) is 48.5 Å². The van der Waals surface area contributed by atoms with Gasteiger partial charge in [0.25, 0.3) is 0 Å². The molecule has 1 aromatic heterocycles. The van der Waals surface area contributed by atoms with Gasteiger partial charge < -0.3 is 10.1 Å². The van der Waals surface area contributed by atoms with E-state index in [0.717, 1.165) is 22.9 Å². The molecule has 0 aliphatic heterocycles. The van der Waals surface area contributed by atoms with E-state index in [9.17, 15) is 0 Å². The van der Waals surface area contributed by atoms with E-state index in [1.807, 2.05) is 31.3 Å². The second-order valence-electron chi connectivity index (χ2n) is 3.65. The van der Waals surface area contributed by atoms with Crippen molar-refractivity contribution in [2.24, 2.45) is 0 Å². The SMILES string of the molecule is CNc1ccccc1OCSSSCc1cnccn1. The Morgan fingerprint density at radius 2 is 2.10 bits per heavy atom. The molecule has 0 radical (unpaired) electrons. The van der Waals surface area contributed by atoms with E-state index in [1.165, 1.54) is 0 Å². The number of nitrogens with one attached hydrogen (secondary N) is 1. The Kier molecular flexibility index (Phi) is 6.90. The van der Waals surface area contributed by atoms with Crippen molar-refractivity contribution in [3.63, 3.8) is 0 Å². The van der Waals surface area contributed by atoms with Crippen molar-refractivity contribution in [1.82, 2.24) is 9.97 Å². The maximum absolute atomic E-state index is 5.72. The van der Waals surface area contributed by atoms with E-state index in [0.29, 0.717) is 5.94 Å². The van der Waals surface area contributed by atoms with Crippen molar-refractivity contribution in [2.75, 3.05) is 18.3 Å². The lowest BCUT2D eigenvalue weighted by Gasteiger charge is -2.09. The van der Waals surface area contributed by atoms with Crippen molar-refractivity contribution in [2.45, 2.75) is 5.75 Å². The van der Waals surface area contributed by atoms with Gasteiger partial charge in [0.2, 0.25) is 0 Å². The number of hydrogen-bond acceptors (Lipinski definition) is 7. The van der Waals surface area contributed by atoms with Crippen molar-refractivity contribution in [1.29, 1.82) is 0 Å². The molecule has 0 aliphatic rings. The maximum atomic E-state index is 5.72. The van der Waals surface area contributed by atoms with E-state index < -0.39 is 0 Å². The molecular formula is C13H15N3OS3. The first-order valence-corrected chi connectivity index (χ1v) is 9.78. The van der Waals surface area contributed by atoms with Crippen LogP contribution in [0.1, 0.15) is 5.69 Å². The number of hydrogen-bond donors (Lipinski definition) is 1. The molecule has 2 aromatic rings. The zero-order valence-corrected chi connectivity index (χ0v) is 13.4. The minimum Gasteiger partial charge on any atom is -0.480 e. The lowest BCUT2D eigenvalue weighted by molar-refractivity contribution is 0.396. The monoisotopic (exact) mass is 325 g/mol. The van der Waals surface area contributed by atoms with Crippen LogP contribution in [0.5, 0.6) is 5.75 Å². The van der Waals surface area contributed by atoms with Crippen LogP contribution in [0.3, 0.4) is 0 Å². The first-order chi connectivity index (χ1) is 9.90. The molecule has 0 amide bonds. The average molecular weight is 325 g/mol. The maximum Gasteiger partial charge on any atom is 0.144 e. The van der Waals surface area contributed by atoms with Gasteiger partial charge in [0.15, 0.2) is 0 Å². The summed E-state index contributed by atoms with van der Waals surface area (Å²) in [4.78, 5) is 8.26. The number of aromatic nitrogens is 2. The van der Waals surface area contributed by atoms with Crippen molar-refractivity contribution >= 4 is 37.1 Å².